The molecule has 0 unspecified atom stereocenters. The number of hydrogen-bond donors (Lipinski definition) is 0. The van der Waals surface area contributed by atoms with E-state index in [0.29, 0.717) is 0 Å². The van der Waals surface area contributed by atoms with E-state index in [2.05, 4.69) is 9.97 Å². The van der Waals surface area contributed by atoms with Crippen LogP contribution in [0, 0.1) is 0 Å². The van der Waals surface area contributed by atoms with Gasteiger partial charge in [0.25, 0.3) is 5.16 Å². The molecule has 9 heteroatoms. The zero-order chi connectivity index (χ0) is 13.3. The lowest BCUT2D eigenvalue weighted by Gasteiger charge is -2.13. The first kappa shape index (κ1) is 13.4. The molecule has 2 atom stereocenters. The Labute approximate surface area is 108 Å². The molecule has 0 N–H and O–H groups in total. The zero-order valence-corrected chi connectivity index (χ0v) is 10.9. The van der Waals surface area contributed by atoms with Crippen LogP contribution in [-0.2, 0) is 14.6 Å². The minimum atomic E-state index is -3.61. The number of ether oxygens (including phenoxy) is 2. The van der Waals surface area contributed by atoms with Crippen LogP contribution in [0.5, 0.6) is 5.88 Å². The van der Waals surface area contributed by atoms with Crippen molar-refractivity contribution in [3.63, 3.8) is 0 Å². The Bertz CT molecular complexity index is 553. The molecule has 1 aliphatic rings. The molecule has 0 aliphatic carbocycles. The molecule has 1 aliphatic heterocycles. The van der Waals surface area contributed by atoms with Crippen LogP contribution in [0.2, 0.25) is 5.15 Å². The van der Waals surface area contributed by atoms with Crippen molar-refractivity contribution in [2.45, 2.75) is 17.4 Å². The predicted molar refractivity (Wildman–Crippen MR) is 60.3 cm³/mol. The van der Waals surface area contributed by atoms with Gasteiger partial charge in [0.15, 0.2) is 12.3 Å². The molecule has 1 aromatic heterocycles. The second kappa shape index (κ2) is 4.94. The van der Waals surface area contributed by atoms with Crippen LogP contribution in [0.3, 0.4) is 0 Å². The summed E-state index contributed by atoms with van der Waals surface area (Å²) >= 11 is 5.66. The van der Waals surface area contributed by atoms with Crippen molar-refractivity contribution in [3.8, 4) is 5.88 Å². The lowest BCUT2D eigenvalue weighted by Crippen LogP contribution is -2.27. The summed E-state index contributed by atoms with van der Waals surface area (Å²) in [6.45, 7) is 0.0272. The molecule has 1 aromatic rings. The van der Waals surface area contributed by atoms with Crippen molar-refractivity contribution < 1.29 is 22.3 Å². The van der Waals surface area contributed by atoms with Gasteiger partial charge in [0.1, 0.15) is 5.15 Å². The predicted octanol–water partition coefficient (Wildman–Crippen LogP) is 0.649. The average molecular weight is 297 g/mol. The van der Waals surface area contributed by atoms with Crippen molar-refractivity contribution in [1.29, 1.82) is 0 Å². The molecular formula is C9H10ClFN2O4S. The summed E-state index contributed by atoms with van der Waals surface area (Å²) < 4.78 is 45.9. The van der Waals surface area contributed by atoms with Crippen LogP contribution in [0.25, 0.3) is 0 Å². The Morgan fingerprint density at radius 3 is 2.78 bits per heavy atom. The van der Waals surface area contributed by atoms with Gasteiger partial charge in [-0.2, -0.15) is 4.98 Å². The maximum absolute atomic E-state index is 13.3. The van der Waals surface area contributed by atoms with Crippen LogP contribution in [0.1, 0.15) is 0 Å². The summed E-state index contributed by atoms with van der Waals surface area (Å²) in [6, 6.07) is 1.22. The van der Waals surface area contributed by atoms with Gasteiger partial charge in [0, 0.05) is 12.3 Å². The molecule has 0 bridgehead atoms. The first-order valence-electron chi connectivity index (χ1n) is 4.99. The van der Waals surface area contributed by atoms with Gasteiger partial charge in [-0.15, -0.1) is 0 Å². The summed E-state index contributed by atoms with van der Waals surface area (Å²) in [5.74, 6) is -0.0893. The number of rotatable bonds is 3. The summed E-state index contributed by atoms with van der Waals surface area (Å²) in [7, 11) is -3.61. The highest BCUT2D eigenvalue weighted by molar-refractivity contribution is 7.90. The van der Waals surface area contributed by atoms with E-state index in [4.69, 9.17) is 21.1 Å². The molecule has 0 saturated carbocycles. The Kier molecular flexibility index (Phi) is 3.69. The number of alkyl halides is 1. The fourth-order valence-corrected chi connectivity index (χ4v) is 2.12. The van der Waals surface area contributed by atoms with Crippen molar-refractivity contribution in [3.05, 3.63) is 11.2 Å². The lowest BCUT2D eigenvalue weighted by molar-refractivity contribution is 0.123. The van der Waals surface area contributed by atoms with Gasteiger partial charge in [-0.05, 0) is 0 Å². The summed E-state index contributed by atoms with van der Waals surface area (Å²) in [4.78, 5) is 7.23. The zero-order valence-electron chi connectivity index (χ0n) is 9.34. The second-order valence-electron chi connectivity index (χ2n) is 3.79. The standard InChI is InChI=1S/C9H10ClFN2O4S/c1-18(14,15)9-12-7(10)2-8(13-9)17-6-4-16-3-5(6)11/h2,5-6H,3-4H2,1H3/t5-,6+/m1/s1. The van der Waals surface area contributed by atoms with Crippen molar-refractivity contribution in [2.24, 2.45) is 0 Å². The Balaban J connectivity index is 2.26. The first-order valence-corrected chi connectivity index (χ1v) is 7.26. The van der Waals surface area contributed by atoms with E-state index in [1.54, 1.807) is 0 Å². The van der Waals surface area contributed by atoms with E-state index < -0.39 is 27.3 Å². The Morgan fingerprint density at radius 1 is 1.50 bits per heavy atom. The third kappa shape index (κ3) is 3.06. The van der Waals surface area contributed by atoms with Gasteiger partial charge >= 0.3 is 0 Å². The molecule has 1 fully saturated rings. The minimum absolute atomic E-state index is 0.0532. The minimum Gasteiger partial charge on any atom is -0.469 e. The smallest absolute Gasteiger partial charge is 0.251 e. The summed E-state index contributed by atoms with van der Waals surface area (Å²) in [5, 5.41) is -0.547. The molecule has 6 nitrogen and oxygen atoms in total. The van der Waals surface area contributed by atoms with E-state index in [1.165, 1.54) is 6.07 Å². The van der Waals surface area contributed by atoms with E-state index in [0.717, 1.165) is 6.26 Å². The topological polar surface area (TPSA) is 78.4 Å². The number of sulfone groups is 1. The van der Waals surface area contributed by atoms with Crippen molar-refractivity contribution in [2.75, 3.05) is 19.5 Å². The SMILES string of the molecule is CS(=O)(=O)c1nc(Cl)cc(O[C@H]2COC[C@H]2F)n1. The number of halogens is 2. The van der Waals surface area contributed by atoms with E-state index in [-0.39, 0.29) is 24.2 Å². The maximum Gasteiger partial charge on any atom is 0.251 e. The van der Waals surface area contributed by atoms with Crippen molar-refractivity contribution >= 4 is 21.4 Å². The summed E-state index contributed by atoms with van der Waals surface area (Å²) in [6.07, 6.45) is -1.15. The molecule has 0 spiro atoms. The molecule has 2 rings (SSSR count). The summed E-state index contributed by atoms with van der Waals surface area (Å²) in [5.41, 5.74) is 0. The number of aromatic nitrogens is 2. The Hall–Kier alpha value is -0.990. The molecule has 18 heavy (non-hydrogen) atoms. The van der Waals surface area contributed by atoms with E-state index >= 15 is 0 Å². The third-order valence-electron chi connectivity index (χ3n) is 2.22. The number of nitrogens with zero attached hydrogens (tertiary/aromatic N) is 2. The highest BCUT2D eigenvalue weighted by atomic mass is 35.5. The third-order valence-corrected chi connectivity index (χ3v) is 3.26. The molecule has 1 saturated heterocycles. The first-order chi connectivity index (χ1) is 8.36. The van der Waals surface area contributed by atoms with Gasteiger partial charge in [0.2, 0.25) is 15.7 Å². The fourth-order valence-electron chi connectivity index (χ4n) is 1.37. The van der Waals surface area contributed by atoms with Crippen LogP contribution < -0.4 is 4.74 Å². The highest BCUT2D eigenvalue weighted by Crippen LogP contribution is 2.21. The average Bonchev–Trinajstić information content (AvgIpc) is 2.62. The maximum atomic E-state index is 13.3. The van der Waals surface area contributed by atoms with Crippen molar-refractivity contribution in [1.82, 2.24) is 9.97 Å². The molecular weight excluding hydrogens is 287 g/mol. The van der Waals surface area contributed by atoms with Crippen LogP contribution in [-0.4, -0.2) is 50.1 Å². The van der Waals surface area contributed by atoms with Gasteiger partial charge in [-0.1, -0.05) is 11.6 Å². The van der Waals surface area contributed by atoms with Gasteiger partial charge in [-0.3, -0.25) is 0 Å². The normalized spacial score (nSPS) is 24.2. The lowest BCUT2D eigenvalue weighted by atomic mass is 10.3. The second-order valence-corrected chi connectivity index (χ2v) is 6.09. The molecule has 100 valence electrons. The largest absolute Gasteiger partial charge is 0.469 e. The molecule has 2 heterocycles. The molecule has 0 radical (unpaired) electrons. The van der Waals surface area contributed by atoms with Gasteiger partial charge in [-0.25, -0.2) is 17.8 Å². The van der Waals surface area contributed by atoms with E-state index in [9.17, 15) is 12.8 Å². The fraction of sp³-hybridized carbons (Fsp3) is 0.556. The van der Waals surface area contributed by atoms with Gasteiger partial charge < -0.3 is 9.47 Å². The Morgan fingerprint density at radius 2 is 2.22 bits per heavy atom. The quantitative estimate of drug-likeness (QED) is 0.602. The van der Waals surface area contributed by atoms with E-state index in [1.807, 2.05) is 0 Å². The van der Waals surface area contributed by atoms with Crippen LogP contribution >= 0.6 is 11.6 Å². The van der Waals surface area contributed by atoms with Gasteiger partial charge in [0.05, 0.1) is 13.2 Å². The monoisotopic (exact) mass is 296 g/mol. The van der Waals surface area contributed by atoms with Crippen LogP contribution in [0.4, 0.5) is 4.39 Å². The number of hydrogen-bond acceptors (Lipinski definition) is 6. The molecule has 0 aromatic carbocycles. The molecule has 0 amide bonds. The van der Waals surface area contributed by atoms with Crippen LogP contribution in [0.15, 0.2) is 11.2 Å². The highest BCUT2D eigenvalue weighted by Gasteiger charge is 2.30.